The normalized spacial score (nSPS) is 13.0. The largest absolute Gasteiger partial charge is 0.416 e. The lowest BCUT2D eigenvalue weighted by atomic mass is 10.1. The smallest absolute Gasteiger partial charge is 0.382 e. The maximum Gasteiger partial charge on any atom is 0.416 e. The quantitative estimate of drug-likeness (QED) is 0.911. The number of aromatic nitrogens is 1. The first-order chi connectivity index (χ1) is 10.7. The number of amides is 2. The van der Waals surface area contributed by atoms with Crippen LogP contribution in [0.1, 0.15) is 5.56 Å². The Labute approximate surface area is 130 Å². The number of likely N-dealkylation sites (N-methyl/N-ethyl adjacent to an activating group) is 1. The third-order valence-electron chi connectivity index (χ3n) is 3.26. The minimum Gasteiger partial charge on any atom is -0.382 e. The number of carbonyl (C=O) groups is 1. The van der Waals surface area contributed by atoms with Crippen molar-refractivity contribution in [2.45, 2.75) is 19.2 Å². The summed E-state index contributed by atoms with van der Waals surface area (Å²) in [6.07, 6.45) is -5.80. The summed E-state index contributed by atoms with van der Waals surface area (Å²) >= 11 is 0. The van der Waals surface area contributed by atoms with E-state index in [0.717, 1.165) is 15.8 Å². The van der Waals surface area contributed by atoms with Gasteiger partial charge in [-0.2, -0.15) is 13.2 Å². The number of fused-ring (bicyclic) bond motifs is 1. The molecular formula is C15H16F3N3O2. The lowest BCUT2D eigenvalue weighted by Crippen LogP contribution is -2.43. The van der Waals surface area contributed by atoms with Crippen molar-refractivity contribution in [3.05, 3.63) is 36.0 Å². The van der Waals surface area contributed by atoms with Gasteiger partial charge < -0.3 is 15.3 Å². The number of nitrogens with zero attached hydrogens (tertiary/aromatic N) is 2. The standard InChI is InChI=1S/C15H16F3N3O2/c1-9-6-10-4-3-5-19-13(10)11(7-9)20-14(23)21(2)8-12(22)15(16,17)18/h3-7,12,22H,8H2,1-2H3,(H,20,23)/t12-/m0/s1. The number of nitrogens with one attached hydrogen (secondary N) is 1. The molecule has 2 rings (SSSR count). The number of anilines is 1. The fraction of sp³-hybridized carbons (Fsp3) is 0.333. The highest BCUT2D eigenvalue weighted by Crippen LogP contribution is 2.24. The van der Waals surface area contributed by atoms with Crippen LogP contribution in [0.25, 0.3) is 10.9 Å². The molecule has 8 heteroatoms. The molecule has 1 heterocycles. The molecule has 0 unspecified atom stereocenters. The van der Waals surface area contributed by atoms with E-state index in [9.17, 15) is 18.0 Å². The van der Waals surface area contributed by atoms with E-state index < -0.39 is 24.9 Å². The molecule has 0 saturated carbocycles. The number of hydrogen-bond donors (Lipinski definition) is 2. The molecule has 1 aromatic heterocycles. The van der Waals surface area contributed by atoms with Crippen molar-refractivity contribution in [2.24, 2.45) is 0 Å². The van der Waals surface area contributed by atoms with E-state index in [2.05, 4.69) is 10.3 Å². The molecule has 1 aromatic carbocycles. The van der Waals surface area contributed by atoms with Gasteiger partial charge in [-0.3, -0.25) is 4.98 Å². The molecule has 0 fully saturated rings. The molecule has 124 valence electrons. The van der Waals surface area contributed by atoms with Crippen molar-refractivity contribution in [3.8, 4) is 0 Å². The number of alkyl halides is 3. The zero-order valence-corrected chi connectivity index (χ0v) is 12.6. The van der Waals surface area contributed by atoms with Gasteiger partial charge in [0, 0.05) is 18.6 Å². The fourth-order valence-electron chi connectivity index (χ4n) is 2.09. The summed E-state index contributed by atoms with van der Waals surface area (Å²) < 4.78 is 37.0. The van der Waals surface area contributed by atoms with Gasteiger partial charge in [-0.05, 0) is 30.7 Å². The third-order valence-corrected chi connectivity index (χ3v) is 3.26. The highest BCUT2D eigenvalue weighted by molar-refractivity contribution is 5.99. The predicted octanol–water partition coefficient (Wildman–Crippen LogP) is 2.93. The summed E-state index contributed by atoms with van der Waals surface area (Å²) in [7, 11) is 1.18. The number of hydrogen-bond acceptors (Lipinski definition) is 3. The predicted molar refractivity (Wildman–Crippen MR) is 80.2 cm³/mol. The van der Waals surface area contributed by atoms with Crippen molar-refractivity contribution in [1.29, 1.82) is 0 Å². The molecule has 1 atom stereocenters. The van der Waals surface area contributed by atoms with E-state index in [-0.39, 0.29) is 0 Å². The average molecular weight is 327 g/mol. The number of halogens is 3. The Morgan fingerprint density at radius 3 is 2.78 bits per heavy atom. The average Bonchev–Trinajstić information content (AvgIpc) is 2.45. The molecule has 0 radical (unpaired) electrons. The van der Waals surface area contributed by atoms with Crippen LogP contribution in [-0.4, -0.2) is 46.9 Å². The highest BCUT2D eigenvalue weighted by Gasteiger charge is 2.39. The maximum atomic E-state index is 12.3. The first-order valence-corrected chi connectivity index (χ1v) is 6.81. The molecule has 2 aromatic rings. The third kappa shape index (κ3) is 4.10. The van der Waals surface area contributed by atoms with E-state index in [4.69, 9.17) is 5.11 Å². The Balaban J connectivity index is 2.17. The lowest BCUT2D eigenvalue weighted by molar-refractivity contribution is -0.205. The number of benzene rings is 1. The number of aliphatic hydroxyl groups is 1. The maximum absolute atomic E-state index is 12.3. The Morgan fingerprint density at radius 2 is 2.13 bits per heavy atom. The highest BCUT2D eigenvalue weighted by atomic mass is 19.4. The van der Waals surface area contributed by atoms with Crippen LogP contribution in [0.3, 0.4) is 0 Å². The van der Waals surface area contributed by atoms with Crippen LogP contribution in [0.5, 0.6) is 0 Å². The van der Waals surface area contributed by atoms with E-state index >= 15 is 0 Å². The van der Waals surface area contributed by atoms with Gasteiger partial charge in [-0.15, -0.1) is 0 Å². The van der Waals surface area contributed by atoms with Gasteiger partial charge in [-0.25, -0.2) is 4.79 Å². The van der Waals surface area contributed by atoms with Gasteiger partial charge in [0.05, 0.1) is 17.7 Å². The number of urea groups is 1. The van der Waals surface area contributed by atoms with Crippen LogP contribution in [0.4, 0.5) is 23.7 Å². The van der Waals surface area contributed by atoms with Gasteiger partial charge in [0.25, 0.3) is 0 Å². The molecule has 0 aliphatic carbocycles. The SMILES string of the molecule is Cc1cc(NC(=O)N(C)C[C@H](O)C(F)(F)F)c2ncccc2c1. The van der Waals surface area contributed by atoms with Crippen LogP contribution in [0, 0.1) is 6.92 Å². The second kappa shape index (κ2) is 6.41. The second-order valence-corrected chi connectivity index (χ2v) is 5.26. The molecular weight excluding hydrogens is 311 g/mol. The minimum absolute atomic E-state index is 0.402. The summed E-state index contributed by atoms with van der Waals surface area (Å²) in [4.78, 5) is 17.0. The van der Waals surface area contributed by atoms with Gasteiger partial charge >= 0.3 is 12.2 Å². The monoisotopic (exact) mass is 327 g/mol. The van der Waals surface area contributed by atoms with Crippen LogP contribution >= 0.6 is 0 Å². The molecule has 0 aliphatic heterocycles. The number of pyridine rings is 1. The molecule has 0 saturated heterocycles. The van der Waals surface area contributed by atoms with E-state index in [0.29, 0.717) is 11.2 Å². The first kappa shape index (κ1) is 17.0. The second-order valence-electron chi connectivity index (χ2n) is 5.26. The zero-order chi connectivity index (χ0) is 17.2. The van der Waals surface area contributed by atoms with Gasteiger partial charge in [-0.1, -0.05) is 6.07 Å². The van der Waals surface area contributed by atoms with Crippen LogP contribution in [0.15, 0.2) is 30.5 Å². The van der Waals surface area contributed by atoms with Crippen molar-refractivity contribution < 1.29 is 23.1 Å². The van der Waals surface area contributed by atoms with Crippen molar-refractivity contribution in [1.82, 2.24) is 9.88 Å². The fourth-order valence-corrected chi connectivity index (χ4v) is 2.09. The van der Waals surface area contributed by atoms with E-state index in [1.54, 1.807) is 18.3 Å². The topological polar surface area (TPSA) is 65.5 Å². The van der Waals surface area contributed by atoms with Gasteiger partial charge in [0.2, 0.25) is 0 Å². The Bertz CT molecular complexity index is 719. The Morgan fingerprint density at radius 1 is 1.43 bits per heavy atom. The number of aliphatic hydroxyl groups excluding tert-OH is 1. The van der Waals surface area contributed by atoms with Gasteiger partial charge in [0.1, 0.15) is 0 Å². The van der Waals surface area contributed by atoms with Crippen molar-refractivity contribution in [3.63, 3.8) is 0 Å². The van der Waals surface area contributed by atoms with E-state index in [1.165, 1.54) is 7.05 Å². The number of aryl methyl sites for hydroxylation is 1. The number of carbonyl (C=O) groups excluding carboxylic acids is 1. The summed E-state index contributed by atoms with van der Waals surface area (Å²) in [5, 5.41) is 12.4. The molecule has 0 aliphatic rings. The van der Waals surface area contributed by atoms with Crippen molar-refractivity contribution in [2.75, 3.05) is 18.9 Å². The van der Waals surface area contributed by atoms with Crippen LogP contribution in [-0.2, 0) is 0 Å². The van der Waals surface area contributed by atoms with Crippen LogP contribution < -0.4 is 5.32 Å². The molecule has 5 nitrogen and oxygen atoms in total. The van der Waals surface area contributed by atoms with Gasteiger partial charge in [0.15, 0.2) is 6.10 Å². The van der Waals surface area contributed by atoms with Crippen LogP contribution in [0.2, 0.25) is 0 Å². The molecule has 0 spiro atoms. The summed E-state index contributed by atoms with van der Waals surface area (Å²) in [6, 6.07) is 6.38. The Kier molecular flexibility index (Phi) is 4.74. The van der Waals surface area contributed by atoms with E-state index in [1.807, 2.05) is 19.1 Å². The summed E-state index contributed by atoms with van der Waals surface area (Å²) in [5.74, 6) is 0. The summed E-state index contributed by atoms with van der Waals surface area (Å²) in [6.45, 7) is 0.978. The minimum atomic E-state index is -4.77. The Hall–Kier alpha value is -2.35. The molecule has 2 amide bonds. The lowest BCUT2D eigenvalue weighted by Gasteiger charge is -2.23. The molecule has 0 bridgehead atoms. The summed E-state index contributed by atoms with van der Waals surface area (Å²) in [5.41, 5.74) is 1.81. The van der Waals surface area contributed by atoms with Crippen molar-refractivity contribution >= 4 is 22.6 Å². The zero-order valence-electron chi connectivity index (χ0n) is 12.6. The molecule has 2 N–H and O–H groups in total. The first-order valence-electron chi connectivity index (χ1n) is 6.81. The number of rotatable bonds is 3. The molecule has 23 heavy (non-hydrogen) atoms.